The molecule has 1 fully saturated rings. The van der Waals surface area contributed by atoms with Gasteiger partial charge in [0.15, 0.2) is 6.61 Å². The van der Waals surface area contributed by atoms with Crippen LogP contribution in [0.2, 0.25) is 0 Å². The smallest absolute Gasteiger partial charge is 0.261 e. The summed E-state index contributed by atoms with van der Waals surface area (Å²) in [6.07, 6.45) is 1.72. The Hall–Kier alpha value is -3.15. The van der Waals surface area contributed by atoms with Crippen LogP contribution in [0, 0.1) is 6.92 Å². The third kappa shape index (κ3) is 3.84. The summed E-state index contributed by atoms with van der Waals surface area (Å²) in [6.45, 7) is 2.66. The molecule has 6 nitrogen and oxygen atoms in total. The second-order valence-electron chi connectivity index (χ2n) is 6.67. The van der Waals surface area contributed by atoms with E-state index in [1.54, 1.807) is 4.90 Å². The average Bonchev–Trinajstić information content (AvgIpc) is 3.36. The van der Waals surface area contributed by atoms with E-state index in [1.165, 1.54) is 0 Å². The number of carbonyl (C=O) groups excluding carboxylic acids is 1. The number of aryl methyl sites for hydroxylation is 1. The van der Waals surface area contributed by atoms with Crippen molar-refractivity contribution in [3.05, 3.63) is 66.1 Å². The number of aromatic nitrogens is 2. The molecule has 1 atom stereocenters. The maximum atomic E-state index is 12.7. The van der Waals surface area contributed by atoms with Crippen LogP contribution in [0.3, 0.4) is 0 Å². The lowest BCUT2D eigenvalue weighted by atomic mass is 10.2. The Morgan fingerprint density at radius 2 is 2.07 bits per heavy atom. The summed E-state index contributed by atoms with van der Waals surface area (Å²) in [5, 5.41) is 4.07. The molecule has 0 N–H and O–H groups in total. The number of likely N-dealkylation sites (tertiary alicyclic amines) is 1. The van der Waals surface area contributed by atoms with E-state index in [-0.39, 0.29) is 18.6 Å². The summed E-state index contributed by atoms with van der Waals surface area (Å²) in [5.74, 6) is 1.65. The highest BCUT2D eigenvalue weighted by Gasteiger charge is 2.34. The summed E-state index contributed by atoms with van der Waals surface area (Å²) in [4.78, 5) is 19.0. The maximum Gasteiger partial charge on any atom is 0.261 e. The molecule has 0 radical (unpaired) electrons. The summed E-state index contributed by atoms with van der Waals surface area (Å²) in [5.41, 5.74) is 1.99. The molecule has 2 aromatic carbocycles. The standard InChI is InChI=1S/C21H21N3O3/c1-15-7-5-10-17(13-15)26-14-19(25)24-12-6-11-18(24)21-22-20(23-27-21)16-8-3-2-4-9-16/h2-5,7-10,13,18H,6,11-12,14H2,1H3/t18-/m1/s1. The van der Waals surface area contributed by atoms with Crippen LogP contribution >= 0.6 is 0 Å². The first-order chi connectivity index (χ1) is 13.2. The highest BCUT2D eigenvalue weighted by atomic mass is 16.5. The molecule has 0 spiro atoms. The van der Waals surface area contributed by atoms with E-state index in [2.05, 4.69) is 10.1 Å². The second kappa shape index (κ2) is 7.61. The summed E-state index contributed by atoms with van der Waals surface area (Å²) < 4.78 is 11.1. The molecule has 6 heteroatoms. The van der Waals surface area contributed by atoms with Crippen molar-refractivity contribution >= 4 is 5.91 Å². The molecule has 2 heterocycles. The Bertz CT molecular complexity index is 923. The number of hydrogen-bond donors (Lipinski definition) is 0. The molecule has 0 bridgehead atoms. The highest BCUT2D eigenvalue weighted by molar-refractivity contribution is 5.78. The largest absolute Gasteiger partial charge is 0.484 e. The van der Waals surface area contributed by atoms with Gasteiger partial charge in [0, 0.05) is 12.1 Å². The molecular formula is C21H21N3O3. The fourth-order valence-electron chi connectivity index (χ4n) is 3.33. The van der Waals surface area contributed by atoms with E-state index in [4.69, 9.17) is 9.26 Å². The monoisotopic (exact) mass is 363 g/mol. The van der Waals surface area contributed by atoms with E-state index >= 15 is 0 Å². The van der Waals surface area contributed by atoms with Crippen molar-refractivity contribution in [2.45, 2.75) is 25.8 Å². The molecule has 138 valence electrons. The zero-order chi connectivity index (χ0) is 18.6. The van der Waals surface area contributed by atoms with Crippen LogP contribution in [0.4, 0.5) is 0 Å². The molecule has 4 rings (SSSR count). The summed E-state index contributed by atoms with van der Waals surface area (Å²) in [7, 11) is 0. The molecule has 27 heavy (non-hydrogen) atoms. The Balaban J connectivity index is 1.44. The van der Waals surface area contributed by atoms with Crippen molar-refractivity contribution in [1.82, 2.24) is 15.0 Å². The summed E-state index contributed by atoms with van der Waals surface area (Å²) in [6, 6.07) is 17.1. The predicted octanol–water partition coefficient (Wildman–Crippen LogP) is 3.79. The van der Waals surface area contributed by atoms with Crippen molar-refractivity contribution in [1.29, 1.82) is 0 Å². The van der Waals surface area contributed by atoms with Gasteiger partial charge in [0.25, 0.3) is 5.91 Å². The van der Waals surface area contributed by atoms with Gasteiger partial charge in [0.2, 0.25) is 11.7 Å². The quantitative estimate of drug-likeness (QED) is 0.690. The molecule has 0 unspecified atom stereocenters. The fourth-order valence-corrected chi connectivity index (χ4v) is 3.33. The van der Waals surface area contributed by atoms with E-state index in [9.17, 15) is 4.79 Å². The van der Waals surface area contributed by atoms with Crippen LogP contribution in [-0.4, -0.2) is 34.1 Å². The van der Waals surface area contributed by atoms with E-state index in [0.717, 1.165) is 24.0 Å². The van der Waals surface area contributed by atoms with Crippen molar-refractivity contribution in [2.75, 3.05) is 13.2 Å². The molecule has 1 aromatic heterocycles. The normalized spacial score (nSPS) is 16.5. The molecule has 0 aliphatic carbocycles. The van der Waals surface area contributed by atoms with Gasteiger partial charge in [-0.1, -0.05) is 47.6 Å². The Labute approximate surface area is 157 Å². The van der Waals surface area contributed by atoms with Gasteiger partial charge in [-0.25, -0.2) is 0 Å². The van der Waals surface area contributed by atoms with Gasteiger partial charge in [-0.05, 0) is 37.5 Å². The first-order valence-corrected chi connectivity index (χ1v) is 9.09. The zero-order valence-electron chi connectivity index (χ0n) is 15.2. The number of ether oxygens (including phenoxy) is 1. The molecule has 3 aromatic rings. The first kappa shape index (κ1) is 17.3. The number of amides is 1. The highest BCUT2D eigenvalue weighted by Crippen LogP contribution is 2.32. The number of benzene rings is 2. The van der Waals surface area contributed by atoms with Gasteiger partial charge in [-0.3, -0.25) is 4.79 Å². The molecule has 1 aliphatic rings. The number of nitrogens with zero attached hydrogens (tertiary/aromatic N) is 3. The summed E-state index contributed by atoms with van der Waals surface area (Å²) >= 11 is 0. The van der Waals surface area contributed by atoms with Crippen LogP contribution < -0.4 is 4.74 Å². The number of hydrogen-bond acceptors (Lipinski definition) is 5. The van der Waals surface area contributed by atoms with Gasteiger partial charge in [-0.2, -0.15) is 4.98 Å². The molecule has 1 aliphatic heterocycles. The lowest BCUT2D eigenvalue weighted by molar-refractivity contribution is -0.134. The van der Waals surface area contributed by atoms with Crippen molar-refractivity contribution in [3.63, 3.8) is 0 Å². The Morgan fingerprint density at radius 3 is 2.89 bits per heavy atom. The van der Waals surface area contributed by atoms with Crippen LogP contribution in [0.15, 0.2) is 59.1 Å². The van der Waals surface area contributed by atoms with Crippen molar-refractivity contribution in [3.8, 4) is 17.1 Å². The van der Waals surface area contributed by atoms with Gasteiger partial charge in [-0.15, -0.1) is 0 Å². The Kier molecular flexibility index (Phi) is 4.87. The minimum absolute atomic E-state index is 0.000364. The number of rotatable bonds is 5. The molecule has 1 saturated heterocycles. The van der Waals surface area contributed by atoms with Gasteiger partial charge in [0.05, 0.1) is 0 Å². The fraction of sp³-hybridized carbons (Fsp3) is 0.286. The minimum atomic E-state index is -0.191. The molecular weight excluding hydrogens is 342 g/mol. The lowest BCUT2D eigenvalue weighted by Gasteiger charge is -2.21. The van der Waals surface area contributed by atoms with E-state index in [0.29, 0.717) is 24.0 Å². The Morgan fingerprint density at radius 1 is 1.22 bits per heavy atom. The third-order valence-corrected chi connectivity index (χ3v) is 4.68. The minimum Gasteiger partial charge on any atom is -0.484 e. The maximum absolute atomic E-state index is 12.7. The predicted molar refractivity (Wildman–Crippen MR) is 100 cm³/mol. The van der Waals surface area contributed by atoms with Crippen LogP contribution in [0.25, 0.3) is 11.4 Å². The van der Waals surface area contributed by atoms with E-state index in [1.807, 2.05) is 61.5 Å². The van der Waals surface area contributed by atoms with Crippen molar-refractivity contribution < 1.29 is 14.1 Å². The zero-order valence-corrected chi connectivity index (χ0v) is 15.2. The first-order valence-electron chi connectivity index (χ1n) is 9.09. The molecule has 1 amide bonds. The number of carbonyl (C=O) groups is 1. The van der Waals surface area contributed by atoms with Crippen LogP contribution in [0.5, 0.6) is 5.75 Å². The SMILES string of the molecule is Cc1cccc(OCC(=O)N2CCC[C@@H]2c2nc(-c3ccccc3)no2)c1. The van der Waals surface area contributed by atoms with Gasteiger partial charge in [0.1, 0.15) is 11.8 Å². The van der Waals surface area contributed by atoms with Crippen LogP contribution in [0.1, 0.15) is 30.3 Å². The van der Waals surface area contributed by atoms with Gasteiger partial charge >= 0.3 is 0 Å². The lowest BCUT2D eigenvalue weighted by Crippen LogP contribution is -2.34. The topological polar surface area (TPSA) is 68.5 Å². The van der Waals surface area contributed by atoms with Gasteiger partial charge < -0.3 is 14.2 Å². The third-order valence-electron chi connectivity index (χ3n) is 4.68. The second-order valence-corrected chi connectivity index (χ2v) is 6.67. The van der Waals surface area contributed by atoms with E-state index < -0.39 is 0 Å². The molecule has 0 saturated carbocycles. The van der Waals surface area contributed by atoms with Crippen molar-refractivity contribution in [2.24, 2.45) is 0 Å². The average molecular weight is 363 g/mol. The van der Waals surface area contributed by atoms with Crippen LogP contribution in [-0.2, 0) is 4.79 Å².